The van der Waals surface area contributed by atoms with E-state index in [-0.39, 0.29) is 24.3 Å². The third-order valence-corrected chi connectivity index (χ3v) is 4.15. The Morgan fingerprint density at radius 3 is 2.63 bits per heavy atom. The molecule has 108 valence electrons. The number of amides is 2. The number of nitrogens with one attached hydrogen (secondary N) is 1. The highest BCUT2D eigenvalue weighted by Gasteiger charge is 2.39. The molecule has 2 rings (SSSR count). The molecule has 1 heterocycles. The summed E-state index contributed by atoms with van der Waals surface area (Å²) < 4.78 is 0. The summed E-state index contributed by atoms with van der Waals surface area (Å²) in [5.74, 6) is -0.277. The van der Waals surface area contributed by atoms with E-state index in [0.717, 1.165) is 12.8 Å². The van der Waals surface area contributed by atoms with Gasteiger partial charge < -0.3 is 15.3 Å². The first kappa shape index (κ1) is 14.3. The Morgan fingerprint density at radius 1 is 1.42 bits per heavy atom. The van der Waals surface area contributed by atoms with Crippen LogP contribution in [-0.4, -0.2) is 46.6 Å². The van der Waals surface area contributed by atoms with Gasteiger partial charge in [0.05, 0.1) is 18.1 Å². The number of hydrogen-bond donors (Lipinski definition) is 2. The first-order valence-electron chi connectivity index (χ1n) is 7.15. The van der Waals surface area contributed by atoms with Crippen molar-refractivity contribution in [1.82, 2.24) is 10.2 Å². The van der Waals surface area contributed by atoms with Crippen molar-refractivity contribution >= 4 is 11.8 Å². The van der Waals surface area contributed by atoms with Crippen LogP contribution in [0.3, 0.4) is 0 Å². The number of rotatable bonds is 4. The summed E-state index contributed by atoms with van der Waals surface area (Å²) in [5.41, 5.74) is -0.624. The Labute approximate surface area is 114 Å². The molecule has 0 bridgehead atoms. The summed E-state index contributed by atoms with van der Waals surface area (Å²) in [7, 11) is 0. The van der Waals surface area contributed by atoms with Crippen LogP contribution in [0.2, 0.25) is 0 Å². The number of carbonyl (C=O) groups excluding carboxylic acids is 2. The average Bonchev–Trinajstić information content (AvgIpc) is 2.97. The number of likely N-dealkylation sites (tertiary alicyclic amines) is 1. The monoisotopic (exact) mass is 268 g/mol. The van der Waals surface area contributed by atoms with Crippen LogP contribution in [0.15, 0.2) is 0 Å². The van der Waals surface area contributed by atoms with Crippen molar-refractivity contribution in [1.29, 1.82) is 0 Å². The summed E-state index contributed by atoms with van der Waals surface area (Å²) in [6.07, 6.45) is 4.82. The van der Waals surface area contributed by atoms with Gasteiger partial charge in [-0.3, -0.25) is 9.59 Å². The van der Waals surface area contributed by atoms with Crippen molar-refractivity contribution < 1.29 is 14.7 Å². The molecular weight excluding hydrogens is 244 g/mol. The molecule has 0 aromatic carbocycles. The molecule has 2 N–H and O–H groups in total. The third kappa shape index (κ3) is 3.26. The lowest BCUT2D eigenvalue weighted by Gasteiger charge is -2.26. The summed E-state index contributed by atoms with van der Waals surface area (Å²) in [5, 5.41) is 12.0. The molecule has 0 spiro atoms. The zero-order valence-corrected chi connectivity index (χ0v) is 11.8. The van der Waals surface area contributed by atoms with Gasteiger partial charge in [-0.15, -0.1) is 0 Å². The summed E-state index contributed by atoms with van der Waals surface area (Å²) >= 11 is 0. The van der Waals surface area contributed by atoms with E-state index in [4.69, 9.17) is 0 Å². The second-order valence-corrected chi connectivity index (χ2v) is 6.42. The molecule has 0 aromatic rings. The van der Waals surface area contributed by atoms with Crippen LogP contribution in [0, 0.1) is 5.92 Å². The highest BCUT2D eigenvalue weighted by Crippen LogP contribution is 2.29. The van der Waals surface area contributed by atoms with Gasteiger partial charge in [-0.2, -0.15) is 0 Å². The Hall–Kier alpha value is -1.10. The second-order valence-electron chi connectivity index (χ2n) is 6.42. The van der Waals surface area contributed by atoms with Crippen LogP contribution in [0.4, 0.5) is 0 Å². The highest BCUT2D eigenvalue weighted by molar-refractivity contribution is 5.89. The van der Waals surface area contributed by atoms with Gasteiger partial charge in [-0.1, -0.05) is 12.8 Å². The SMILES string of the molecule is CC(C)(CO)NC(=O)C1CC(=O)N(C2CCCC2)C1. The molecule has 1 saturated heterocycles. The molecular formula is C14H24N2O3. The van der Waals surface area contributed by atoms with Crippen LogP contribution < -0.4 is 5.32 Å². The van der Waals surface area contributed by atoms with Crippen molar-refractivity contribution in [3.05, 3.63) is 0 Å². The van der Waals surface area contributed by atoms with E-state index in [2.05, 4.69) is 5.32 Å². The smallest absolute Gasteiger partial charge is 0.225 e. The predicted molar refractivity (Wildman–Crippen MR) is 71.4 cm³/mol. The van der Waals surface area contributed by atoms with Crippen LogP contribution in [0.1, 0.15) is 46.0 Å². The third-order valence-electron chi connectivity index (χ3n) is 4.15. The van der Waals surface area contributed by atoms with Gasteiger partial charge in [0.15, 0.2) is 0 Å². The first-order valence-corrected chi connectivity index (χ1v) is 7.15. The van der Waals surface area contributed by atoms with Gasteiger partial charge in [-0.05, 0) is 26.7 Å². The van der Waals surface area contributed by atoms with Crippen molar-refractivity contribution in [3.8, 4) is 0 Å². The summed E-state index contributed by atoms with van der Waals surface area (Å²) in [6, 6.07) is 0.344. The normalized spacial score (nSPS) is 25.1. The zero-order chi connectivity index (χ0) is 14.0. The largest absolute Gasteiger partial charge is 0.394 e. The quantitative estimate of drug-likeness (QED) is 0.787. The molecule has 0 radical (unpaired) electrons. The number of nitrogens with zero attached hydrogens (tertiary/aromatic N) is 1. The van der Waals surface area contributed by atoms with E-state index in [1.807, 2.05) is 4.90 Å². The molecule has 1 saturated carbocycles. The fourth-order valence-electron chi connectivity index (χ4n) is 2.95. The standard InChI is InChI=1S/C14H24N2O3/c1-14(2,9-17)15-13(19)10-7-12(18)16(8-10)11-5-3-4-6-11/h10-11,17H,3-9H2,1-2H3,(H,15,19). The molecule has 5 heteroatoms. The molecule has 5 nitrogen and oxygen atoms in total. The maximum Gasteiger partial charge on any atom is 0.225 e. The molecule has 1 aliphatic carbocycles. The van der Waals surface area contributed by atoms with Crippen LogP contribution in [0.25, 0.3) is 0 Å². The second kappa shape index (κ2) is 5.49. The predicted octanol–water partition coefficient (Wildman–Crippen LogP) is 0.665. The fraction of sp³-hybridized carbons (Fsp3) is 0.857. The van der Waals surface area contributed by atoms with Gasteiger partial charge in [-0.25, -0.2) is 0 Å². The van der Waals surface area contributed by atoms with Gasteiger partial charge in [0, 0.05) is 19.0 Å². The molecule has 0 aromatic heterocycles. The lowest BCUT2D eigenvalue weighted by atomic mass is 10.0. The van der Waals surface area contributed by atoms with Crippen molar-refractivity contribution in [2.75, 3.05) is 13.2 Å². The van der Waals surface area contributed by atoms with E-state index < -0.39 is 5.54 Å². The van der Waals surface area contributed by atoms with Gasteiger partial charge >= 0.3 is 0 Å². The minimum Gasteiger partial charge on any atom is -0.394 e. The van der Waals surface area contributed by atoms with Crippen LogP contribution >= 0.6 is 0 Å². The van der Waals surface area contributed by atoms with Gasteiger partial charge in [0.25, 0.3) is 0 Å². The van der Waals surface area contributed by atoms with Gasteiger partial charge in [0.2, 0.25) is 11.8 Å². The van der Waals surface area contributed by atoms with Crippen molar-refractivity contribution in [2.24, 2.45) is 5.92 Å². The molecule has 1 aliphatic heterocycles. The fourth-order valence-corrected chi connectivity index (χ4v) is 2.95. The number of hydrogen-bond acceptors (Lipinski definition) is 3. The molecule has 2 amide bonds. The first-order chi connectivity index (χ1) is 8.93. The molecule has 2 fully saturated rings. The topological polar surface area (TPSA) is 69.6 Å². The maximum absolute atomic E-state index is 12.1. The average molecular weight is 268 g/mol. The number of aliphatic hydroxyl groups excluding tert-OH is 1. The Bertz CT molecular complexity index is 362. The minimum atomic E-state index is -0.624. The minimum absolute atomic E-state index is 0.105. The summed E-state index contributed by atoms with van der Waals surface area (Å²) in [6.45, 7) is 3.98. The Morgan fingerprint density at radius 2 is 2.05 bits per heavy atom. The molecule has 1 unspecified atom stereocenters. The Balaban J connectivity index is 1.93. The lowest BCUT2D eigenvalue weighted by molar-refractivity contribution is -0.130. The Kier molecular flexibility index (Phi) is 4.13. The lowest BCUT2D eigenvalue weighted by Crippen LogP contribution is -2.49. The zero-order valence-electron chi connectivity index (χ0n) is 11.8. The van der Waals surface area contributed by atoms with Crippen molar-refractivity contribution in [3.63, 3.8) is 0 Å². The number of carbonyl (C=O) groups is 2. The van der Waals surface area contributed by atoms with E-state index in [9.17, 15) is 14.7 Å². The number of aliphatic hydroxyl groups is 1. The van der Waals surface area contributed by atoms with E-state index in [1.54, 1.807) is 13.8 Å². The summed E-state index contributed by atoms with van der Waals surface area (Å²) in [4.78, 5) is 26.0. The van der Waals surface area contributed by atoms with Crippen LogP contribution in [-0.2, 0) is 9.59 Å². The van der Waals surface area contributed by atoms with E-state index >= 15 is 0 Å². The van der Waals surface area contributed by atoms with Crippen molar-refractivity contribution in [2.45, 2.75) is 57.5 Å². The highest BCUT2D eigenvalue weighted by atomic mass is 16.3. The van der Waals surface area contributed by atoms with Gasteiger partial charge in [0.1, 0.15) is 0 Å². The maximum atomic E-state index is 12.1. The molecule has 2 aliphatic rings. The van der Waals surface area contributed by atoms with Crippen LogP contribution in [0.5, 0.6) is 0 Å². The molecule has 1 atom stereocenters. The van der Waals surface area contributed by atoms with E-state index in [1.165, 1.54) is 12.8 Å². The van der Waals surface area contributed by atoms with E-state index in [0.29, 0.717) is 19.0 Å². The molecule has 19 heavy (non-hydrogen) atoms.